The summed E-state index contributed by atoms with van der Waals surface area (Å²) >= 11 is 7.72. The summed E-state index contributed by atoms with van der Waals surface area (Å²) in [5.41, 5.74) is 3.80. The minimum absolute atomic E-state index is 0.208. The summed E-state index contributed by atoms with van der Waals surface area (Å²) in [6.07, 6.45) is 5.65. The van der Waals surface area contributed by atoms with Crippen LogP contribution in [0.15, 0.2) is 101 Å². The van der Waals surface area contributed by atoms with Crippen molar-refractivity contribution in [2.45, 2.75) is 9.79 Å². The minimum Gasteiger partial charge on any atom is -0.321 e. The van der Waals surface area contributed by atoms with Crippen LogP contribution in [-0.2, 0) is 0 Å². The van der Waals surface area contributed by atoms with Crippen LogP contribution in [0.2, 0.25) is 5.02 Å². The number of rotatable bonds is 6. The van der Waals surface area contributed by atoms with Crippen LogP contribution in [0.5, 0.6) is 0 Å². The molecule has 0 fully saturated rings. The number of hydrogen-bond donors (Lipinski definition) is 2. The number of pyridine rings is 1. The molecule has 0 bridgehead atoms. The Bertz CT molecular complexity index is 1500. The van der Waals surface area contributed by atoms with Gasteiger partial charge in [0.15, 0.2) is 0 Å². The van der Waals surface area contributed by atoms with Gasteiger partial charge in [-0.05, 0) is 66.7 Å². The van der Waals surface area contributed by atoms with Gasteiger partial charge in [-0.25, -0.2) is 0 Å². The molecule has 0 radical (unpaired) electrons. The maximum atomic E-state index is 13.0. The maximum absolute atomic E-state index is 13.0. The molecule has 3 aromatic carbocycles. The lowest BCUT2D eigenvalue weighted by Gasteiger charge is -2.11. The zero-order chi connectivity index (χ0) is 23.3. The lowest BCUT2D eigenvalue weighted by Crippen LogP contribution is -2.13. The average molecular weight is 483 g/mol. The molecular formula is C27H19ClN4OS. The third-order valence-corrected chi connectivity index (χ3v) is 6.54. The van der Waals surface area contributed by atoms with Crippen LogP contribution in [0, 0.1) is 0 Å². The first-order valence-electron chi connectivity index (χ1n) is 10.6. The van der Waals surface area contributed by atoms with Gasteiger partial charge in [0.2, 0.25) is 0 Å². The molecule has 2 aromatic heterocycles. The van der Waals surface area contributed by atoms with Crippen LogP contribution >= 0.6 is 23.4 Å². The van der Waals surface area contributed by atoms with Gasteiger partial charge in [0, 0.05) is 21.4 Å². The molecule has 5 aromatic rings. The van der Waals surface area contributed by atoms with E-state index in [0.29, 0.717) is 16.3 Å². The second-order valence-electron chi connectivity index (χ2n) is 7.44. The topological polar surface area (TPSA) is 70.7 Å². The van der Waals surface area contributed by atoms with Gasteiger partial charge >= 0.3 is 0 Å². The highest BCUT2D eigenvalue weighted by molar-refractivity contribution is 7.99. The van der Waals surface area contributed by atoms with Gasteiger partial charge in [-0.15, -0.1) is 0 Å². The molecule has 0 aliphatic heterocycles. The standard InChI is InChI=1S/C27H19ClN4OS/c28-22-9-2-3-10-24(22)30-27(33)21-8-1-4-11-26(21)34-19-13-14-20-23(31-32-25(20)17-19)15-12-18-7-5-6-16-29-18/h1-17H,(H,30,33)(H,31,32)/b15-12+. The molecule has 7 heteroatoms. The Morgan fingerprint density at radius 3 is 2.62 bits per heavy atom. The molecule has 0 aliphatic rings. The summed E-state index contributed by atoms with van der Waals surface area (Å²) in [6, 6.07) is 26.6. The number of aromatic amines is 1. The van der Waals surface area contributed by atoms with E-state index in [1.807, 2.05) is 84.9 Å². The van der Waals surface area contributed by atoms with Gasteiger partial charge in [-0.3, -0.25) is 14.9 Å². The quantitative estimate of drug-likeness (QED) is 0.269. The molecular weight excluding hydrogens is 464 g/mol. The van der Waals surface area contributed by atoms with E-state index in [1.54, 1.807) is 18.3 Å². The van der Waals surface area contributed by atoms with Crippen molar-refractivity contribution < 1.29 is 4.79 Å². The molecule has 1 amide bonds. The van der Waals surface area contributed by atoms with Gasteiger partial charge < -0.3 is 5.32 Å². The van der Waals surface area contributed by atoms with Crippen molar-refractivity contribution in [2.24, 2.45) is 0 Å². The largest absolute Gasteiger partial charge is 0.321 e. The minimum atomic E-state index is -0.208. The van der Waals surface area contributed by atoms with E-state index in [9.17, 15) is 4.79 Å². The fourth-order valence-electron chi connectivity index (χ4n) is 3.47. The number of carbonyl (C=O) groups excluding carboxylic acids is 1. The number of halogens is 1. The van der Waals surface area contributed by atoms with Crippen LogP contribution in [-0.4, -0.2) is 21.1 Å². The molecule has 0 spiro atoms. The van der Waals surface area contributed by atoms with Crippen molar-refractivity contribution in [1.29, 1.82) is 0 Å². The monoisotopic (exact) mass is 482 g/mol. The number of para-hydroxylation sites is 1. The van der Waals surface area contributed by atoms with E-state index in [1.165, 1.54) is 11.8 Å². The van der Waals surface area contributed by atoms with Gasteiger partial charge in [0.1, 0.15) is 0 Å². The summed E-state index contributed by atoms with van der Waals surface area (Å²) in [5, 5.41) is 11.9. The van der Waals surface area contributed by atoms with Crippen molar-refractivity contribution in [1.82, 2.24) is 15.2 Å². The van der Waals surface area contributed by atoms with Crippen molar-refractivity contribution >= 4 is 58.0 Å². The summed E-state index contributed by atoms with van der Waals surface area (Å²) in [4.78, 5) is 19.1. The normalized spacial score (nSPS) is 11.2. The number of aromatic nitrogens is 3. The van der Waals surface area contributed by atoms with Crippen LogP contribution in [0.4, 0.5) is 5.69 Å². The van der Waals surface area contributed by atoms with Gasteiger partial charge in [0.05, 0.1) is 33.2 Å². The Balaban J connectivity index is 1.37. The molecule has 0 saturated heterocycles. The number of nitrogens with zero attached hydrogens (tertiary/aromatic N) is 2. The van der Waals surface area contributed by atoms with Crippen molar-refractivity contribution in [3.63, 3.8) is 0 Å². The highest BCUT2D eigenvalue weighted by Gasteiger charge is 2.14. The fraction of sp³-hybridized carbons (Fsp3) is 0. The predicted octanol–water partition coefficient (Wildman–Crippen LogP) is 7.19. The Hall–Kier alpha value is -3.87. The Kier molecular flexibility index (Phi) is 6.42. The molecule has 5 nitrogen and oxygen atoms in total. The Morgan fingerprint density at radius 1 is 0.941 bits per heavy atom. The second kappa shape index (κ2) is 9.95. The Labute approximate surface area is 205 Å². The Morgan fingerprint density at radius 2 is 1.76 bits per heavy atom. The zero-order valence-corrected chi connectivity index (χ0v) is 19.5. The highest BCUT2D eigenvalue weighted by atomic mass is 35.5. The van der Waals surface area contributed by atoms with Crippen LogP contribution in [0.1, 0.15) is 21.7 Å². The van der Waals surface area contributed by atoms with E-state index in [4.69, 9.17) is 11.6 Å². The first-order valence-corrected chi connectivity index (χ1v) is 11.8. The van der Waals surface area contributed by atoms with E-state index >= 15 is 0 Å². The molecule has 5 rings (SSSR count). The number of amides is 1. The predicted molar refractivity (Wildman–Crippen MR) is 139 cm³/mol. The van der Waals surface area contributed by atoms with Gasteiger partial charge in [-0.1, -0.05) is 53.7 Å². The molecule has 2 heterocycles. The van der Waals surface area contributed by atoms with Crippen LogP contribution < -0.4 is 5.32 Å². The summed E-state index contributed by atoms with van der Waals surface area (Å²) < 4.78 is 0. The number of carbonyl (C=O) groups is 1. The first-order chi connectivity index (χ1) is 16.7. The number of H-pyrrole nitrogens is 1. The zero-order valence-electron chi connectivity index (χ0n) is 17.9. The molecule has 166 valence electrons. The van der Waals surface area contributed by atoms with Crippen molar-refractivity contribution in [3.05, 3.63) is 113 Å². The second-order valence-corrected chi connectivity index (χ2v) is 8.96. The number of fused-ring (bicyclic) bond motifs is 1. The summed E-state index contributed by atoms with van der Waals surface area (Å²) in [6.45, 7) is 0. The molecule has 0 aliphatic carbocycles. The van der Waals surface area contributed by atoms with E-state index < -0.39 is 0 Å². The number of hydrogen-bond acceptors (Lipinski definition) is 4. The SMILES string of the molecule is O=C(Nc1ccccc1Cl)c1ccccc1Sc1ccc2c(/C=C/c3ccccn3)n[nH]c2c1. The molecule has 34 heavy (non-hydrogen) atoms. The lowest BCUT2D eigenvalue weighted by atomic mass is 10.2. The van der Waals surface area contributed by atoms with Crippen LogP contribution in [0.25, 0.3) is 23.1 Å². The highest BCUT2D eigenvalue weighted by Crippen LogP contribution is 2.33. The van der Waals surface area contributed by atoms with Gasteiger partial charge in [0.25, 0.3) is 5.91 Å². The van der Waals surface area contributed by atoms with E-state index in [-0.39, 0.29) is 5.91 Å². The summed E-state index contributed by atoms with van der Waals surface area (Å²) in [7, 11) is 0. The van der Waals surface area contributed by atoms with Gasteiger partial charge in [-0.2, -0.15) is 5.10 Å². The lowest BCUT2D eigenvalue weighted by molar-refractivity contribution is 0.102. The first kappa shape index (κ1) is 21.9. The molecule has 0 unspecified atom stereocenters. The van der Waals surface area contributed by atoms with Crippen molar-refractivity contribution in [2.75, 3.05) is 5.32 Å². The molecule has 0 atom stereocenters. The van der Waals surface area contributed by atoms with Crippen molar-refractivity contribution in [3.8, 4) is 0 Å². The summed E-state index contributed by atoms with van der Waals surface area (Å²) in [5.74, 6) is -0.208. The average Bonchev–Trinajstić information content (AvgIpc) is 3.27. The van der Waals surface area contributed by atoms with E-state index in [2.05, 4.69) is 20.5 Å². The fourth-order valence-corrected chi connectivity index (χ4v) is 4.64. The smallest absolute Gasteiger partial charge is 0.256 e. The number of benzene rings is 3. The number of nitrogens with one attached hydrogen (secondary N) is 2. The third kappa shape index (κ3) is 4.88. The van der Waals surface area contributed by atoms with Crippen LogP contribution in [0.3, 0.4) is 0 Å². The molecule has 0 saturated carbocycles. The maximum Gasteiger partial charge on any atom is 0.256 e. The third-order valence-electron chi connectivity index (χ3n) is 5.15. The number of anilines is 1. The van der Waals surface area contributed by atoms with E-state index in [0.717, 1.165) is 32.1 Å². The molecule has 2 N–H and O–H groups in total.